The van der Waals surface area contributed by atoms with Gasteiger partial charge in [0, 0.05) is 26.7 Å². The maximum Gasteiger partial charge on any atom is 0.0846 e. The van der Waals surface area contributed by atoms with E-state index in [0.29, 0.717) is 0 Å². The minimum atomic E-state index is 0.225. The molecule has 0 aliphatic rings. The molecule has 0 bridgehead atoms. The summed E-state index contributed by atoms with van der Waals surface area (Å²) < 4.78 is 3.68. The summed E-state index contributed by atoms with van der Waals surface area (Å²) in [5.74, 6) is 0. The molecule has 2 aromatic heterocycles. The van der Waals surface area contributed by atoms with Gasteiger partial charge in [-0.3, -0.25) is 9.36 Å². The molecule has 0 saturated heterocycles. The van der Waals surface area contributed by atoms with E-state index in [4.69, 9.17) is 0 Å². The topological polar surface area (TPSA) is 60.6 Å². The van der Waals surface area contributed by atoms with Gasteiger partial charge in [0.05, 0.1) is 23.1 Å². The molecule has 0 radical (unpaired) electrons. The summed E-state index contributed by atoms with van der Waals surface area (Å²) in [6.07, 6.45) is 3.89. The number of hydrogen-bond acceptors (Lipinski definition) is 4. The van der Waals surface area contributed by atoms with Gasteiger partial charge in [0.1, 0.15) is 0 Å². The fourth-order valence-corrected chi connectivity index (χ4v) is 2.25. The van der Waals surface area contributed by atoms with Gasteiger partial charge in [0.25, 0.3) is 0 Å². The summed E-state index contributed by atoms with van der Waals surface area (Å²) in [6.45, 7) is 5.17. The first-order valence-corrected chi connectivity index (χ1v) is 6.69. The second-order valence-corrected chi connectivity index (χ2v) is 4.93. The molecule has 1 unspecified atom stereocenters. The highest BCUT2D eigenvalue weighted by atomic mass is 15.4. The molecule has 6 heteroatoms. The second-order valence-electron chi connectivity index (χ2n) is 4.93. The molecule has 0 saturated carbocycles. The molecule has 6 nitrogen and oxygen atoms in total. The van der Waals surface area contributed by atoms with Crippen LogP contribution in [0.4, 0.5) is 0 Å². The van der Waals surface area contributed by atoms with Crippen LogP contribution in [0.25, 0.3) is 0 Å². The molecule has 0 amide bonds. The van der Waals surface area contributed by atoms with Gasteiger partial charge in [-0.15, -0.1) is 5.10 Å². The van der Waals surface area contributed by atoms with Crippen LogP contribution in [0.3, 0.4) is 0 Å². The molecular weight excluding hydrogens is 240 g/mol. The summed E-state index contributed by atoms with van der Waals surface area (Å²) in [5, 5.41) is 16.1. The average molecular weight is 262 g/mol. The molecule has 0 spiro atoms. The minimum Gasteiger partial charge on any atom is -0.308 e. The van der Waals surface area contributed by atoms with Crippen molar-refractivity contribution in [2.45, 2.75) is 32.7 Å². The van der Waals surface area contributed by atoms with Crippen LogP contribution in [0.5, 0.6) is 0 Å². The fraction of sp³-hybridized carbons (Fsp3) is 0.615. The molecule has 2 rings (SSSR count). The van der Waals surface area contributed by atoms with Gasteiger partial charge in [0.15, 0.2) is 0 Å². The van der Waals surface area contributed by atoms with Crippen LogP contribution in [0, 0.1) is 6.92 Å². The standard InChI is InChI=1S/C13H22N6/c1-5-6-14-12(8-11-9-18(3)17-15-11)13-7-10(2)16-19(13)4/h7,9,12,14H,5-6,8H2,1-4H3. The van der Waals surface area contributed by atoms with Crippen LogP contribution in [0.1, 0.15) is 36.5 Å². The van der Waals surface area contributed by atoms with Gasteiger partial charge in [-0.05, 0) is 26.0 Å². The molecule has 104 valence electrons. The first kappa shape index (κ1) is 13.7. The molecular formula is C13H22N6. The zero-order chi connectivity index (χ0) is 13.8. The van der Waals surface area contributed by atoms with E-state index in [2.05, 4.69) is 33.7 Å². The summed E-state index contributed by atoms with van der Waals surface area (Å²) in [4.78, 5) is 0. The van der Waals surface area contributed by atoms with E-state index in [1.807, 2.05) is 31.9 Å². The predicted octanol–water partition coefficient (Wildman–Crippen LogP) is 1.14. The molecule has 0 aromatic carbocycles. The molecule has 0 aliphatic heterocycles. The number of hydrogen-bond donors (Lipinski definition) is 1. The molecule has 0 aliphatic carbocycles. The second kappa shape index (κ2) is 5.97. The molecule has 19 heavy (non-hydrogen) atoms. The maximum absolute atomic E-state index is 4.42. The van der Waals surface area contributed by atoms with E-state index in [1.165, 1.54) is 5.69 Å². The van der Waals surface area contributed by atoms with Crippen molar-refractivity contribution in [1.29, 1.82) is 0 Å². The Morgan fingerprint density at radius 2 is 2.16 bits per heavy atom. The highest BCUT2D eigenvalue weighted by Crippen LogP contribution is 2.18. The average Bonchev–Trinajstić information content (AvgIpc) is 2.91. The minimum absolute atomic E-state index is 0.225. The lowest BCUT2D eigenvalue weighted by atomic mass is 10.1. The molecule has 1 atom stereocenters. The van der Waals surface area contributed by atoms with Crippen LogP contribution >= 0.6 is 0 Å². The molecule has 1 N–H and O–H groups in total. The normalized spacial score (nSPS) is 12.8. The van der Waals surface area contributed by atoms with Crippen LogP contribution in [-0.2, 0) is 20.5 Å². The first-order valence-electron chi connectivity index (χ1n) is 6.69. The summed E-state index contributed by atoms with van der Waals surface area (Å²) in [7, 11) is 3.87. The van der Waals surface area contributed by atoms with Crippen LogP contribution in [0.2, 0.25) is 0 Å². The van der Waals surface area contributed by atoms with Crippen molar-refractivity contribution in [3.05, 3.63) is 29.3 Å². The third kappa shape index (κ3) is 3.41. The van der Waals surface area contributed by atoms with Gasteiger partial charge in [-0.25, -0.2) is 0 Å². The number of aryl methyl sites for hydroxylation is 3. The lowest BCUT2D eigenvalue weighted by molar-refractivity contribution is 0.489. The smallest absolute Gasteiger partial charge is 0.0846 e. The largest absolute Gasteiger partial charge is 0.308 e. The lowest BCUT2D eigenvalue weighted by Gasteiger charge is -2.17. The van der Waals surface area contributed by atoms with Gasteiger partial charge < -0.3 is 5.32 Å². The lowest BCUT2D eigenvalue weighted by Crippen LogP contribution is -2.26. The monoisotopic (exact) mass is 262 g/mol. The number of nitrogens with zero attached hydrogens (tertiary/aromatic N) is 5. The number of aromatic nitrogens is 5. The summed E-state index contributed by atoms with van der Waals surface area (Å²) >= 11 is 0. The number of nitrogens with one attached hydrogen (secondary N) is 1. The van der Waals surface area contributed by atoms with Gasteiger partial charge >= 0.3 is 0 Å². The van der Waals surface area contributed by atoms with Crippen molar-refractivity contribution in [3.63, 3.8) is 0 Å². The predicted molar refractivity (Wildman–Crippen MR) is 73.7 cm³/mol. The Morgan fingerprint density at radius 3 is 2.68 bits per heavy atom. The zero-order valence-corrected chi connectivity index (χ0v) is 12.1. The Bertz CT molecular complexity index is 527. The van der Waals surface area contributed by atoms with E-state index in [0.717, 1.165) is 30.8 Å². The molecule has 0 fully saturated rings. The molecule has 2 aromatic rings. The van der Waals surface area contributed by atoms with Crippen LogP contribution in [-0.4, -0.2) is 31.3 Å². The van der Waals surface area contributed by atoms with Gasteiger partial charge in [0.2, 0.25) is 0 Å². The van der Waals surface area contributed by atoms with Crippen LogP contribution < -0.4 is 5.32 Å². The Kier molecular flexibility index (Phi) is 4.31. The van der Waals surface area contributed by atoms with Crippen molar-refractivity contribution < 1.29 is 0 Å². The van der Waals surface area contributed by atoms with E-state index >= 15 is 0 Å². The zero-order valence-electron chi connectivity index (χ0n) is 12.1. The van der Waals surface area contributed by atoms with Crippen molar-refractivity contribution in [1.82, 2.24) is 30.1 Å². The first-order chi connectivity index (χ1) is 9.10. The van der Waals surface area contributed by atoms with Crippen LogP contribution in [0.15, 0.2) is 12.3 Å². The van der Waals surface area contributed by atoms with Crippen molar-refractivity contribution in [2.75, 3.05) is 6.54 Å². The Morgan fingerprint density at radius 1 is 1.37 bits per heavy atom. The van der Waals surface area contributed by atoms with E-state index in [-0.39, 0.29) is 6.04 Å². The van der Waals surface area contributed by atoms with Crippen molar-refractivity contribution in [2.24, 2.45) is 14.1 Å². The van der Waals surface area contributed by atoms with E-state index < -0.39 is 0 Å². The summed E-state index contributed by atoms with van der Waals surface area (Å²) in [6, 6.07) is 2.35. The third-order valence-electron chi connectivity index (χ3n) is 3.10. The van der Waals surface area contributed by atoms with E-state index in [9.17, 15) is 0 Å². The quantitative estimate of drug-likeness (QED) is 0.848. The maximum atomic E-state index is 4.42. The number of rotatable bonds is 6. The highest BCUT2D eigenvalue weighted by molar-refractivity contribution is 5.15. The Balaban J connectivity index is 2.18. The van der Waals surface area contributed by atoms with Crippen molar-refractivity contribution >= 4 is 0 Å². The Hall–Kier alpha value is -1.69. The Labute approximate surface area is 113 Å². The highest BCUT2D eigenvalue weighted by Gasteiger charge is 2.17. The van der Waals surface area contributed by atoms with Gasteiger partial charge in [-0.1, -0.05) is 12.1 Å². The SMILES string of the molecule is CCCNC(Cc1cn(C)nn1)c1cc(C)nn1C. The van der Waals surface area contributed by atoms with Crippen molar-refractivity contribution in [3.8, 4) is 0 Å². The molecule has 2 heterocycles. The fourth-order valence-electron chi connectivity index (χ4n) is 2.25. The van der Waals surface area contributed by atoms with E-state index in [1.54, 1.807) is 4.68 Å². The van der Waals surface area contributed by atoms with Gasteiger partial charge in [-0.2, -0.15) is 5.10 Å². The third-order valence-corrected chi connectivity index (χ3v) is 3.10. The summed E-state index contributed by atoms with van der Waals surface area (Å²) in [5.41, 5.74) is 3.23.